The standard InChI is InChI=1S/C20H19F3N2O4/c1-11-3-5-13(6-4-11)17(26)15-16(12-7-9-14(29-2)10-8-12)24-18(27)25-19(15,28)20(21,22)23/h3-10,15-16,28H,1-2H3,(H2,24,25,27)/t15-,16+,19+/m1/s1. The summed E-state index contributed by atoms with van der Waals surface area (Å²) >= 11 is 0. The summed E-state index contributed by atoms with van der Waals surface area (Å²) in [7, 11) is 1.42. The Balaban J connectivity index is 2.13. The third kappa shape index (κ3) is 3.77. The number of hydrogen-bond donors (Lipinski definition) is 3. The molecule has 0 aromatic heterocycles. The topological polar surface area (TPSA) is 87.7 Å². The quantitative estimate of drug-likeness (QED) is 0.679. The second kappa shape index (κ2) is 7.40. The number of amides is 2. The van der Waals surface area contributed by atoms with Crippen LogP contribution in [-0.4, -0.2) is 35.9 Å². The Morgan fingerprint density at radius 2 is 1.69 bits per heavy atom. The minimum absolute atomic E-state index is 0.0141. The van der Waals surface area contributed by atoms with Gasteiger partial charge in [0.2, 0.25) is 5.72 Å². The zero-order chi connectivity index (χ0) is 21.4. The summed E-state index contributed by atoms with van der Waals surface area (Å²) < 4.78 is 46.5. The number of rotatable bonds is 4. The number of ketones is 1. The molecule has 6 nitrogen and oxygen atoms in total. The van der Waals surface area contributed by atoms with Gasteiger partial charge in [-0.15, -0.1) is 0 Å². The van der Waals surface area contributed by atoms with Crippen LogP contribution in [0.5, 0.6) is 5.75 Å². The Hall–Kier alpha value is -3.07. The first kappa shape index (κ1) is 20.7. The second-order valence-electron chi connectivity index (χ2n) is 6.82. The third-order valence-electron chi connectivity index (χ3n) is 4.90. The van der Waals surface area contributed by atoms with Crippen LogP contribution in [0.3, 0.4) is 0 Å². The number of carbonyl (C=O) groups is 2. The maximum atomic E-state index is 13.8. The predicted molar refractivity (Wildman–Crippen MR) is 97.4 cm³/mol. The summed E-state index contributed by atoms with van der Waals surface area (Å²) in [6, 6.07) is 9.12. The maximum Gasteiger partial charge on any atom is 0.437 e. The predicted octanol–water partition coefficient (Wildman–Crippen LogP) is 3.11. The molecule has 1 aliphatic rings. The molecule has 0 spiro atoms. The molecule has 3 N–H and O–H groups in total. The number of urea groups is 1. The van der Waals surface area contributed by atoms with Gasteiger partial charge >= 0.3 is 12.2 Å². The second-order valence-corrected chi connectivity index (χ2v) is 6.82. The number of ether oxygens (including phenoxy) is 1. The molecule has 29 heavy (non-hydrogen) atoms. The molecular weight excluding hydrogens is 389 g/mol. The Labute approximate surface area is 164 Å². The molecule has 3 rings (SSSR count). The zero-order valence-electron chi connectivity index (χ0n) is 15.6. The summed E-state index contributed by atoms with van der Waals surface area (Å²) in [6.45, 7) is 1.77. The van der Waals surface area contributed by atoms with Crippen LogP contribution in [0.4, 0.5) is 18.0 Å². The Morgan fingerprint density at radius 1 is 1.10 bits per heavy atom. The summed E-state index contributed by atoms with van der Waals surface area (Å²) in [6.07, 6.45) is -5.29. The van der Waals surface area contributed by atoms with Gasteiger partial charge in [-0.3, -0.25) is 4.79 Å². The number of hydrogen-bond acceptors (Lipinski definition) is 4. The van der Waals surface area contributed by atoms with Gasteiger partial charge in [0.05, 0.1) is 13.2 Å². The molecule has 0 bridgehead atoms. The van der Waals surface area contributed by atoms with Gasteiger partial charge in [0.15, 0.2) is 5.78 Å². The lowest BCUT2D eigenvalue weighted by atomic mass is 9.77. The molecule has 0 aliphatic carbocycles. The van der Waals surface area contributed by atoms with Crippen molar-refractivity contribution in [3.63, 3.8) is 0 Å². The van der Waals surface area contributed by atoms with E-state index in [1.165, 1.54) is 48.8 Å². The molecule has 1 heterocycles. The number of alkyl halides is 3. The van der Waals surface area contributed by atoms with E-state index in [1.54, 1.807) is 19.1 Å². The van der Waals surface area contributed by atoms with Crippen molar-refractivity contribution in [2.24, 2.45) is 5.92 Å². The van der Waals surface area contributed by atoms with Gasteiger partial charge in [-0.2, -0.15) is 13.2 Å². The first-order valence-corrected chi connectivity index (χ1v) is 8.69. The summed E-state index contributed by atoms with van der Waals surface area (Å²) in [5, 5.41) is 14.4. The highest BCUT2D eigenvalue weighted by Crippen LogP contribution is 2.44. The number of benzene rings is 2. The number of aryl methyl sites for hydroxylation is 1. The van der Waals surface area contributed by atoms with Crippen LogP contribution < -0.4 is 15.4 Å². The molecule has 0 radical (unpaired) electrons. The largest absolute Gasteiger partial charge is 0.497 e. The van der Waals surface area contributed by atoms with Crippen LogP contribution in [-0.2, 0) is 0 Å². The smallest absolute Gasteiger partial charge is 0.437 e. The molecule has 2 amide bonds. The molecule has 1 fully saturated rings. The van der Waals surface area contributed by atoms with Crippen LogP contribution >= 0.6 is 0 Å². The van der Waals surface area contributed by atoms with Crippen LogP contribution in [0.15, 0.2) is 48.5 Å². The lowest BCUT2D eigenvalue weighted by Gasteiger charge is -2.45. The van der Waals surface area contributed by atoms with E-state index in [0.29, 0.717) is 5.75 Å². The summed E-state index contributed by atoms with van der Waals surface area (Å²) in [5.41, 5.74) is -2.73. The fraction of sp³-hybridized carbons (Fsp3) is 0.300. The minimum Gasteiger partial charge on any atom is -0.497 e. The molecule has 0 saturated carbocycles. The molecule has 2 aromatic rings. The van der Waals surface area contributed by atoms with Gasteiger partial charge in [-0.25, -0.2) is 4.79 Å². The lowest BCUT2D eigenvalue weighted by molar-refractivity contribution is -0.287. The summed E-state index contributed by atoms with van der Waals surface area (Å²) in [4.78, 5) is 25.1. The van der Waals surface area contributed by atoms with E-state index in [0.717, 1.165) is 5.56 Å². The third-order valence-corrected chi connectivity index (χ3v) is 4.90. The van der Waals surface area contributed by atoms with Gasteiger partial charge in [0.1, 0.15) is 11.7 Å². The van der Waals surface area contributed by atoms with Crippen molar-refractivity contribution < 1.29 is 32.6 Å². The van der Waals surface area contributed by atoms with Gasteiger partial charge in [0, 0.05) is 5.56 Å². The molecule has 3 atom stereocenters. The van der Waals surface area contributed by atoms with Crippen molar-refractivity contribution in [1.82, 2.24) is 10.6 Å². The van der Waals surface area contributed by atoms with Crippen molar-refractivity contribution >= 4 is 11.8 Å². The molecule has 1 aliphatic heterocycles. The number of halogens is 3. The van der Waals surface area contributed by atoms with Crippen LogP contribution in [0.1, 0.15) is 27.5 Å². The molecule has 1 saturated heterocycles. The number of aliphatic hydroxyl groups is 1. The van der Waals surface area contributed by atoms with Crippen LogP contribution in [0, 0.1) is 12.8 Å². The Bertz CT molecular complexity index is 913. The molecule has 154 valence electrons. The van der Waals surface area contributed by atoms with Crippen LogP contribution in [0.25, 0.3) is 0 Å². The van der Waals surface area contributed by atoms with Crippen molar-refractivity contribution in [3.8, 4) is 5.75 Å². The zero-order valence-corrected chi connectivity index (χ0v) is 15.6. The van der Waals surface area contributed by atoms with Crippen molar-refractivity contribution in [3.05, 3.63) is 65.2 Å². The highest BCUT2D eigenvalue weighted by Gasteiger charge is 2.66. The van der Waals surface area contributed by atoms with Crippen LogP contribution in [0.2, 0.25) is 0 Å². The van der Waals surface area contributed by atoms with E-state index in [9.17, 15) is 27.9 Å². The SMILES string of the molecule is COc1ccc([C@@H]2NC(=O)N[C@@](O)(C(F)(F)F)[C@H]2C(=O)c2ccc(C)cc2)cc1. The average Bonchev–Trinajstić information content (AvgIpc) is 2.67. The number of carbonyl (C=O) groups excluding carboxylic acids is 2. The Kier molecular flexibility index (Phi) is 5.27. The first-order chi connectivity index (χ1) is 13.6. The molecule has 0 unspecified atom stereocenters. The van der Waals surface area contributed by atoms with Gasteiger partial charge in [0.25, 0.3) is 0 Å². The Morgan fingerprint density at radius 3 is 2.21 bits per heavy atom. The number of nitrogens with one attached hydrogen (secondary N) is 2. The maximum absolute atomic E-state index is 13.8. The summed E-state index contributed by atoms with van der Waals surface area (Å²) in [5.74, 6) is -2.57. The highest BCUT2D eigenvalue weighted by molar-refractivity contribution is 6.00. The molecule has 9 heteroatoms. The van der Waals surface area contributed by atoms with E-state index in [-0.39, 0.29) is 11.1 Å². The lowest BCUT2D eigenvalue weighted by Crippen LogP contribution is -2.72. The molecular formula is C20H19F3N2O4. The van der Waals surface area contributed by atoms with Gasteiger partial charge < -0.3 is 20.5 Å². The average molecular weight is 408 g/mol. The minimum atomic E-state index is -5.29. The fourth-order valence-corrected chi connectivity index (χ4v) is 3.33. The highest BCUT2D eigenvalue weighted by atomic mass is 19.4. The van der Waals surface area contributed by atoms with Crippen molar-refractivity contribution in [2.45, 2.75) is 24.9 Å². The van der Waals surface area contributed by atoms with E-state index in [1.807, 2.05) is 0 Å². The normalized spacial score (nSPS) is 24.4. The van der Waals surface area contributed by atoms with E-state index < -0.39 is 35.7 Å². The van der Waals surface area contributed by atoms with E-state index >= 15 is 0 Å². The number of methoxy groups -OCH3 is 1. The van der Waals surface area contributed by atoms with E-state index in [2.05, 4.69) is 5.32 Å². The van der Waals surface area contributed by atoms with Crippen molar-refractivity contribution in [2.75, 3.05) is 7.11 Å². The van der Waals surface area contributed by atoms with Gasteiger partial charge in [-0.05, 0) is 24.6 Å². The molecule has 2 aromatic carbocycles. The first-order valence-electron chi connectivity index (χ1n) is 8.69. The van der Waals surface area contributed by atoms with Crippen molar-refractivity contribution in [1.29, 1.82) is 0 Å². The monoisotopic (exact) mass is 408 g/mol. The number of Topliss-reactive ketones (excluding diaryl/α,β-unsaturated/α-hetero) is 1. The fourth-order valence-electron chi connectivity index (χ4n) is 3.33. The van der Waals surface area contributed by atoms with Gasteiger partial charge in [-0.1, -0.05) is 42.0 Å². The van der Waals surface area contributed by atoms with E-state index in [4.69, 9.17) is 4.74 Å².